The van der Waals surface area contributed by atoms with Gasteiger partial charge in [-0.15, -0.1) is 11.8 Å². The van der Waals surface area contributed by atoms with Gasteiger partial charge in [0.15, 0.2) is 0 Å². The fourth-order valence-electron chi connectivity index (χ4n) is 3.73. The topological polar surface area (TPSA) is 52.7 Å². The van der Waals surface area contributed by atoms with Crippen molar-refractivity contribution >= 4 is 40.6 Å². The van der Waals surface area contributed by atoms with Gasteiger partial charge < -0.3 is 10.2 Å². The zero-order chi connectivity index (χ0) is 22.7. The number of nitrogens with one attached hydrogen (secondary N) is 1. The third kappa shape index (κ3) is 4.65. The Hall–Kier alpha value is -3.25. The second-order valence-corrected chi connectivity index (χ2v) is 9.04. The molecule has 0 aromatic heterocycles. The van der Waals surface area contributed by atoms with E-state index in [0.29, 0.717) is 11.3 Å². The van der Waals surface area contributed by atoms with Crippen molar-refractivity contribution in [1.29, 1.82) is 0 Å². The van der Waals surface area contributed by atoms with Crippen molar-refractivity contribution in [1.82, 2.24) is 0 Å². The maximum Gasteiger partial charge on any atom is 0.255 e. The lowest BCUT2D eigenvalue weighted by Crippen LogP contribution is -2.27. The number of aryl methyl sites for hydroxylation is 1. The number of anilines is 3. The predicted octanol–water partition coefficient (Wildman–Crippen LogP) is 5.35. The number of amides is 2. The van der Waals surface area contributed by atoms with Crippen LogP contribution in [0, 0.1) is 0 Å². The van der Waals surface area contributed by atoms with E-state index in [1.165, 1.54) is 5.56 Å². The second kappa shape index (κ2) is 9.49. The fourth-order valence-corrected chi connectivity index (χ4v) is 4.89. The van der Waals surface area contributed by atoms with Gasteiger partial charge >= 0.3 is 0 Å². The van der Waals surface area contributed by atoms with Crippen molar-refractivity contribution in [2.75, 3.05) is 35.0 Å². The average Bonchev–Trinajstić information content (AvgIpc) is 3.20. The lowest BCUT2D eigenvalue weighted by Gasteiger charge is -2.25. The first-order valence-corrected chi connectivity index (χ1v) is 11.7. The van der Waals surface area contributed by atoms with Crippen molar-refractivity contribution < 1.29 is 9.59 Å². The van der Waals surface area contributed by atoms with Gasteiger partial charge in [0, 0.05) is 36.7 Å². The average molecular weight is 446 g/mol. The minimum Gasteiger partial charge on any atom is -0.378 e. The first-order chi connectivity index (χ1) is 15.5. The van der Waals surface area contributed by atoms with E-state index in [1.807, 2.05) is 96.7 Å². The Balaban J connectivity index is 1.54. The molecule has 0 radical (unpaired) electrons. The third-order valence-electron chi connectivity index (χ3n) is 5.57. The molecule has 164 valence electrons. The van der Waals surface area contributed by atoms with Crippen LogP contribution in [-0.4, -0.2) is 31.7 Å². The first kappa shape index (κ1) is 22.0. The molecule has 3 aromatic carbocycles. The van der Waals surface area contributed by atoms with Gasteiger partial charge in [-0.05, 0) is 66.1 Å². The first-order valence-electron chi connectivity index (χ1n) is 10.7. The Morgan fingerprint density at radius 2 is 1.78 bits per heavy atom. The summed E-state index contributed by atoms with van der Waals surface area (Å²) < 4.78 is 0. The number of hydrogen-bond donors (Lipinski definition) is 1. The van der Waals surface area contributed by atoms with Crippen LogP contribution in [0.4, 0.5) is 17.1 Å². The minimum atomic E-state index is -0.143. The van der Waals surface area contributed by atoms with Crippen LogP contribution in [0.5, 0.6) is 0 Å². The highest BCUT2D eigenvalue weighted by Gasteiger charge is 2.34. The maximum absolute atomic E-state index is 12.7. The van der Waals surface area contributed by atoms with Gasteiger partial charge in [-0.3, -0.25) is 14.5 Å². The molecule has 0 aliphatic carbocycles. The van der Waals surface area contributed by atoms with E-state index < -0.39 is 0 Å². The summed E-state index contributed by atoms with van der Waals surface area (Å²) in [5, 5.41) is 2.86. The van der Waals surface area contributed by atoms with E-state index >= 15 is 0 Å². The van der Waals surface area contributed by atoms with Crippen LogP contribution in [0.1, 0.15) is 33.8 Å². The molecule has 1 atom stereocenters. The number of carbonyl (C=O) groups is 2. The van der Waals surface area contributed by atoms with Crippen LogP contribution < -0.4 is 15.1 Å². The van der Waals surface area contributed by atoms with E-state index in [-0.39, 0.29) is 17.2 Å². The van der Waals surface area contributed by atoms with Crippen molar-refractivity contribution in [2.24, 2.45) is 0 Å². The summed E-state index contributed by atoms with van der Waals surface area (Å²) in [6.45, 7) is 2.09. The molecule has 0 unspecified atom stereocenters. The highest BCUT2D eigenvalue weighted by Crippen LogP contribution is 2.42. The van der Waals surface area contributed by atoms with Crippen LogP contribution in [0.3, 0.4) is 0 Å². The summed E-state index contributed by atoms with van der Waals surface area (Å²) in [6, 6.07) is 23.4. The lowest BCUT2D eigenvalue weighted by atomic mass is 10.1. The van der Waals surface area contributed by atoms with Crippen LogP contribution in [0.15, 0.2) is 72.8 Å². The van der Waals surface area contributed by atoms with Gasteiger partial charge in [0.2, 0.25) is 5.91 Å². The predicted molar refractivity (Wildman–Crippen MR) is 134 cm³/mol. The lowest BCUT2D eigenvalue weighted by molar-refractivity contribution is -0.115. The summed E-state index contributed by atoms with van der Waals surface area (Å²) >= 11 is 1.60. The Morgan fingerprint density at radius 1 is 1.06 bits per heavy atom. The van der Waals surface area contributed by atoms with Crippen molar-refractivity contribution in [2.45, 2.75) is 18.7 Å². The summed E-state index contributed by atoms with van der Waals surface area (Å²) in [5.74, 6) is 0.375. The molecular formula is C26H27N3O2S. The number of thioether (sulfide) groups is 1. The highest BCUT2D eigenvalue weighted by atomic mass is 32.2. The van der Waals surface area contributed by atoms with Gasteiger partial charge in [-0.2, -0.15) is 0 Å². The van der Waals surface area contributed by atoms with Gasteiger partial charge in [0.25, 0.3) is 5.91 Å². The van der Waals surface area contributed by atoms with Crippen molar-refractivity contribution in [3.8, 4) is 0 Å². The summed E-state index contributed by atoms with van der Waals surface area (Å²) in [5.41, 5.74) is 5.49. The van der Waals surface area contributed by atoms with E-state index in [0.717, 1.165) is 29.0 Å². The normalized spacial score (nSPS) is 15.7. The molecule has 4 rings (SSSR count). The molecule has 6 heteroatoms. The van der Waals surface area contributed by atoms with Crippen molar-refractivity contribution in [3.63, 3.8) is 0 Å². The number of nitrogens with zero attached hydrogens (tertiary/aromatic N) is 2. The molecule has 1 aliphatic heterocycles. The zero-order valence-corrected chi connectivity index (χ0v) is 19.4. The molecule has 3 aromatic rings. The number of benzene rings is 3. The van der Waals surface area contributed by atoms with Crippen LogP contribution in [0.25, 0.3) is 0 Å². The number of carbonyl (C=O) groups excluding carboxylic acids is 2. The Labute approximate surface area is 193 Å². The molecule has 32 heavy (non-hydrogen) atoms. The highest BCUT2D eigenvalue weighted by molar-refractivity contribution is 8.00. The standard InChI is InChI=1S/C26H27N3O2S/c1-4-18-8-10-19(11-9-18)25(31)27-21-7-5-6-20(16-21)26-29(24(30)17-32-26)23-14-12-22(13-15-23)28(2)3/h5-16,26H,4,17H2,1-3H3,(H,27,31)/t26-/m1/s1. The summed E-state index contributed by atoms with van der Waals surface area (Å²) in [4.78, 5) is 29.3. The molecular weight excluding hydrogens is 418 g/mol. The largest absolute Gasteiger partial charge is 0.378 e. The molecule has 1 heterocycles. The molecule has 1 N–H and O–H groups in total. The Bertz CT molecular complexity index is 1110. The van der Waals surface area contributed by atoms with Gasteiger partial charge in [-0.25, -0.2) is 0 Å². The molecule has 1 aliphatic rings. The zero-order valence-electron chi connectivity index (χ0n) is 18.5. The van der Waals surface area contributed by atoms with Gasteiger partial charge in [0.1, 0.15) is 5.37 Å². The molecule has 0 saturated carbocycles. The minimum absolute atomic E-state index is 0.0862. The molecule has 2 amide bonds. The van der Waals surface area contributed by atoms with E-state index in [9.17, 15) is 9.59 Å². The molecule has 0 bridgehead atoms. The third-order valence-corrected chi connectivity index (χ3v) is 6.78. The van der Waals surface area contributed by atoms with Gasteiger partial charge in [-0.1, -0.05) is 31.2 Å². The smallest absolute Gasteiger partial charge is 0.255 e. The van der Waals surface area contributed by atoms with E-state index in [1.54, 1.807) is 11.8 Å². The Kier molecular flexibility index (Phi) is 6.51. The van der Waals surface area contributed by atoms with Gasteiger partial charge in [0.05, 0.1) is 5.75 Å². The van der Waals surface area contributed by atoms with E-state index in [2.05, 4.69) is 12.2 Å². The fraction of sp³-hybridized carbons (Fsp3) is 0.231. The monoisotopic (exact) mass is 445 g/mol. The summed E-state index contributed by atoms with van der Waals surface area (Å²) in [7, 11) is 3.99. The molecule has 1 fully saturated rings. The molecule has 0 spiro atoms. The Morgan fingerprint density at radius 3 is 2.44 bits per heavy atom. The summed E-state index contributed by atoms with van der Waals surface area (Å²) in [6.07, 6.45) is 0.941. The van der Waals surface area contributed by atoms with Crippen molar-refractivity contribution in [3.05, 3.63) is 89.5 Å². The van der Waals surface area contributed by atoms with Crippen LogP contribution in [-0.2, 0) is 11.2 Å². The second-order valence-electron chi connectivity index (χ2n) is 7.97. The quantitative estimate of drug-likeness (QED) is 0.556. The van der Waals surface area contributed by atoms with E-state index in [4.69, 9.17) is 0 Å². The van der Waals surface area contributed by atoms with Crippen LogP contribution in [0.2, 0.25) is 0 Å². The molecule has 1 saturated heterocycles. The number of rotatable bonds is 6. The van der Waals surface area contributed by atoms with Crippen LogP contribution >= 0.6 is 11.8 Å². The maximum atomic E-state index is 12.7. The number of hydrogen-bond acceptors (Lipinski definition) is 4. The molecule has 5 nitrogen and oxygen atoms in total. The SMILES string of the molecule is CCc1ccc(C(=O)Nc2cccc([C@H]3SCC(=O)N3c3ccc(N(C)C)cc3)c2)cc1.